The van der Waals surface area contributed by atoms with Crippen LogP contribution in [0.5, 0.6) is 0 Å². The molecule has 1 N–H and O–H groups in total. The molecule has 8 heteroatoms. The van der Waals surface area contributed by atoms with Crippen LogP contribution in [0.1, 0.15) is 16.9 Å². The number of carbonyl (C=O) groups excluding carboxylic acids is 1. The summed E-state index contributed by atoms with van der Waals surface area (Å²) in [5, 5.41) is 9.30. The number of ether oxygens (including phenoxy) is 1. The highest BCUT2D eigenvalue weighted by atomic mass is 35.5. The Labute approximate surface area is 114 Å². The largest absolute Gasteiger partial charge is 0.480 e. The zero-order valence-corrected chi connectivity index (χ0v) is 10.9. The number of methoxy groups -OCH3 is 1. The van der Waals surface area contributed by atoms with E-state index in [2.05, 4.69) is 9.97 Å². The van der Waals surface area contributed by atoms with Crippen molar-refractivity contribution < 1.29 is 19.4 Å². The molecule has 0 aromatic carbocycles. The van der Waals surface area contributed by atoms with Gasteiger partial charge in [0.05, 0.1) is 18.5 Å². The second-order valence-electron chi connectivity index (χ2n) is 4.13. The highest BCUT2D eigenvalue weighted by Gasteiger charge is 2.40. The van der Waals surface area contributed by atoms with Crippen molar-refractivity contribution >= 4 is 23.5 Å². The summed E-state index contributed by atoms with van der Waals surface area (Å²) in [6.45, 7) is 0.219. The van der Waals surface area contributed by atoms with E-state index in [0.29, 0.717) is 0 Å². The molecule has 1 amide bonds. The normalized spacial score (nSPS) is 22.5. The fraction of sp³-hybridized carbons (Fsp3) is 0.455. The Kier molecular flexibility index (Phi) is 3.96. The molecule has 2 atom stereocenters. The minimum Gasteiger partial charge on any atom is -0.480 e. The van der Waals surface area contributed by atoms with Gasteiger partial charge in [-0.1, -0.05) is 11.6 Å². The molecule has 102 valence electrons. The summed E-state index contributed by atoms with van der Waals surface area (Å²) < 4.78 is 5.11. The third kappa shape index (κ3) is 2.82. The van der Waals surface area contributed by atoms with Gasteiger partial charge in [-0.05, 0) is 0 Å². The maximum Gasteiger partial charge on any atom is 0.326 e. The molecule has 0 bridgehead atoms. The lowest BCUT2D eigenvalue weighted by Crippen LogP contribution is -2.41. The van der Waals surface area contributed by atoms with E-state index >= 15 is 0 Å². The zero-order chi connectivity index (χ0) is 14.0. The van der Waals surface area contributed by atoms with Crippen LogP contribution in [0.2, 0.25) is 5.15 Å². The van der Waals surface area contributed by atoms with Crippen molar-refractivity contribution in [3.63, 3.8) is 0 Å². The number of nitrogens with zero attached hydrogens (tertiary/aromatic N) is 3. The molecule has 0 aliphatic carbocycles. The fourth-order valence-electron chi connectivity index (χ4n) is 2.00. The van der Waals surface area contributed by atoms with Gasteiger partial charge in [0, 0.05) is 20.1 Å². The first-order chi connectivity index (χ1) is 9.02. The van der Waals surface area contributed by atoms with Gasteiger partial charge in [-0.3, -0.25) is 4.79 Å². The standard InChI is InChI=1S/C11H12ClN3O4/c1-19-6-2-8(11(17)18)15(5-6)10(16)7-3-14-9(12)4-13-7/h3-4,6,8H,2,5H2,1H3,(H,17,18). The van der Waals surface area contributed by atoms with Crippen LogP contribution < -0.4 is 0 Å². The molecule has 1 fully saturated rings. The molecule has 0 spiro atoms. The number of rotatable bonds is 3. The van der Waals surface area contributed by atoms with Crippen molar-refractivity contribution in [3.05, 3.63) is 23.2 Å². The van der Waals surface area contributed by atoms with Crippen LogP contribution in [-0.2, 0) is 9.53 Å². The molecule has 1 aromatic heterocycles. The molecule has 1 aromatic rings. The quantitative estimate of drug-likeness (QED) is 0.866. The Morgan fingerprint density at radius 3 is 2.74 bits per heavy atom. The third-order valence-corrected chi connectivity index (χ3v) is 3.18. The van der Waals surface area contributed by atoms with Gasteiger partial charge < -0.3 is 14.7 Å². The first-order valence-corrected chi connectivity index (χ1v) is 5.95. The first kappa shape index (κ1) is 13.7. The summed E-state index contributed by atoms with van der Waals surface area (Å²) in [5.41, 5.74) is 0.0624. The minimum absolute atomic E-state index is 0.0624. The number of carboxylic acids is 1. The maximum atomic E-state index is 12.2. The van der Waals surface area contributed by atoms with Crippen molar-refractivity contribution in [1.29, 1.82) is 0 Å². The first-order valence-electron chi connectivity index (χ1n) is 5.57. The van der Waals surface area contributed by atoms with E-state index in [4.69, 9.17) is 21.4 Å². The zero-order valence-electron chi connectivity index (χ0n) is 10.1. The highest BCUT2D eigenvalue weighted by Crippen LogP contribution is 2.22. The van der Waals surface area contributed by atoms with Crippen molar-refractivity contribution in [3.8, 4) is 0 Å². The molecule has 0 saturated carbocycles. The summed E-state index contributed by atoms with van der Waals surface area (Å²) >= 11 is 5.59. The van der Waals surface area contributed by atoms with E-state index in [1.54, 1.807) is 0 Å². The molecule has 19 heavy (non-hydrogen) atoms. The molecular formula is C11H12ClN3O4. The number of hydrogen-bond acceptors (Lipinski definition) is 5. The van der Waals surface area contributed by atoms with Crippen LogP contribution in [0, 0.1) is 0 Å². The summed E-state index contributed by atoms with van der Waals surface area (Å²) in [6, 6.07) is -0.907. The van der Waals surface area contributed by atoms with E-state index < -0.39 is 17.9 Å². The number of amides is 1. The Morgan fingerprint density at radius 1 is 1.47 bits per heavy atom. The second-order valence-corrected chi connectivity index (χ2v) is 4.52. The average molecular weight is 286 g/mol. The van der Waals surface area contributed by atoms with Gasteiger partial charge in [-0.25, -0.2) is 14.8 Å². The molecule has 2 rings (SSSR count). The van der Waals surface area contributed by atoms with Crippen LogP contribution in [0.4, 0.5) is 0 Å². The maximum absolute atomic E-state index is 12.2. The van der Waals surface area contributed by atoms with Gasteiger partial charge in [0.1, 0.15) is 16.9 Å². The predicted octanol–water partition coefficient (Wildman–Crippen LogP) is 0.444. The summed E-state index contributed by atoms with van der Waals surface area (Å²) in [7, 11) is 1.49. The van der Waals surface area contributed by atoms with Crippen LogP contribution in [0.25, 0.3) is 0 Å². The van der Waals surface area contributed by atoms with E-state index in [9.17, 15) is 9.59 Å². The Hall–Kier alpha value is -1.73. The SMILES string of the molecule is COC1CC(C(=O)O)N(C(=O)c2cnc(Cl)cn2)C1. The van der Waals surface area contributed by atoms with E-state index in [1.165, 1.54) is 24.4 Å². The molecule has 1 saturated heterocycles. The van der Waals surface area contributed by atoms with Gasteiger partial charge in [-0.15, -0.1) is 0 Å². The number of aliphatic carboxylic acids is 1. The number of hydrogen-bond donors (Lipinski definition) is 1. The lowest BCUT2D eigenvalue weighted by molar-refractivity contribution is -0.141. The van der Waals surface area contributed by atoms with Gasteiger partial charge in [-0.2, -0.15) is 0 Å². The summed E-state index contributed by atoms with van der Waals surface area (Å²) in [6.07, 6.45) is 2.45. The van der Waals surface area contributed by atoms with Crippen molar-refractivity contribution in [2.45, 2.75) is 18.6 Å². The monoisotopic (exact) mass is 285 g/mol. The van der Waals surface area contributed by atoms with Crippen LogP contribution in [0.3, 0.4) is 0 Å². The van der Waals surface area contributed by atoms with Gasteiger partial charge in [0.25, 0.3) is 5.91 Å². The van der Waals surface area contributed by atoms with Crippen molar-refractivity contribution in [2.24, 2.45) is 0 Å². The lowest BCUT2D eigenvalue weighted by atomic mass is 10.2. The van der Waals surface area contributed by atoms with Gasteiger partial charge in [0.2, 0.25) is 0 Å². The van der Waals surface area contributed by atoms with Crippen LogP contribution in [0.15, 0.2) is 12.4 Å². The summed E-state index contributed by atoms with van der Waals surface area (Å²) in [4.78, 5) is 32.2. The molecule has 1 aliphatic heterocycles. The van der Waals surface area contributed by atoms with Gasteiger partial charge in [0.15, 0.2) is 0 Å². The summed E-state index contributed by atoms with van der Waals surface area (Å²) in [5.74, 6) is -1.55. The average Bonchev–Trinajstić information content (AvgIpc) is 2.83. The number of aromatic nitrogens is 2. The number of halogens is 1. The fourth-order valence-corrected chi connectivity index (χ4v) is 2.09. The molecule has 2 unspecified atom stereocenters. The molecular weight excluding hydrogens is 274 g/mol. The van der Waals surface area contributed by atoms with Crippen molar-refractivity contribution in [1.82, 2.24) is 14.9 Å². The second kappa shape index (κ2) is 5.50. The van der Waals surface area contributed by atoms with E-state index in [-0.39, 0.29) is 29.9 Å². The topological polar surface area (TPSA) is 92.6 Å². The van der Waals surface area contributed by atoms with Crippen LogP contribution >= 0.6 is 11.6 Å². The molecule has 1 aliphatic rings. The highest BCUT2D eigenvalue weighted by molar-refractivity contribution is 6.29. The van der Waals surface area contributed by atoms with E-state index in [1.807, 2.05) is 0 Å². The Bertz CT molecular complexity index is 493. The number of carboxylic acid groups (broad SMARTS) is 1. The lowest BCUT2D eigenvalue weighted by Gasteiger charge is -2.20. The Morgan fingerprint density at radius 2 is 2.21 bits per heavy atom. The Balaban J connectivity index is 2.21. The molecule has 0 radical (unpaired) electrons. The predicted molar refractivity (Wildman–Crippen MR) is 64.9 cm³/mol. The third-order valence-electron chi connectivity index (χ3n) is 2.98. The molecule has 2 heterocycles. The number of likely N-dealkylation sites (tertiary alicyclic amines) is 1. The van der Waals surface area contributed by atoms with Crippen LogP contribution in [-0.4, -0.2) is 57.7 Å². The molecule has 7 nitrogen and oxygen atoms in total. The minimum atomic E-state index is -1.06. The number of carbonyl (C=O) groups is 2. The smallest absolute Gasteiger partial charge is 0.326 e. The van der Waals surface area contributed by atoms with Crippen molar-refractivity contribution in [2.75, 3.05) is 13.7 Å². The van der Waals surface area contributed by atoms with Gasteiger partial charge >= 0.3 is 5.97 Å². The van der Waals surface area contributed by atoms with E-state index in [0.717, 1.165) is 0 Å².